The molecule has 0 saturated carbocycles. The smallest absolute Gasteiger partial charge is 0.258 e. The number of aliphatic hydroxyl groups excluding tert-OH is 2. The van der Waals surface area contributed by atoms with E-state index in [0.717, 1.165) is 0 Å². The van der Waals surface area contributed by atoms with E-state index >= 15 is 0 Å². The van der Waals surface area contributed by atoms with Crippen molar-refractivity contribution in [2.45, 2.75) is 19.3 Å². The Labute approximate surface area is 147 Å². The summed E-state index contributed by atoms with van der Waals surface area (Å²) in [6.45, 7) is 1.27. The molecule has 1 aromatic heterocycles. The predicted octanol–water partition coefficient (Wildman–Crippen LogP) is -0.213. The van der Waals surface area contributed by atoms with Gasteiger partial charge in [-0.3, -0.25) is 4.79 Å². The molecule has 1 aromatic carbocycles. The molecule has 1 amide bonds. The Morgan fingerprint density at radius 3 is 2.73 bits per heavy atom. The Hall–Kier alpha value is -2.82. The second-order valence-electron chi connectivity index (χ2n) is 5.79. The molecule has 10 heteroatoms. The third-order valence-electron chi connectivity index (χ3n) is 3.96. The zero-order valence-corrected chi connectivity index (χ0v) is 13.8. The summed E-state index contributed by atoms with van der Waals surface area (Å²) >= 11 is 0. The van der Waals surface area contributed by atoms with Crippen LogP contribution in [0.15, 0.2) is 18.2 Å². The van der Waals surface area contributed by atoms with Gasteiger partial charge in [-0.2, -0.15) is 4.98 Å². The van der Waals surface area contributed by atoms with Crippen LogP contribution in [0.5, 0.6) is 0 Å². The van der Waals surface area contributed by atoms with Crippen molar-refractivity contribution in [3.63, 3.8) is 0 Å². The highest BCUT2D eigenvalue weighted by Crippen LogP contribution is 2.31. The van der Waals surface area contributed by atoms with Crippen LogP contribution < -0.4 is 16.0 Å². The van der Waals surface area contributed by atoms with E-state index in [1.165, 1.54) is 18.2 Å². The number of nitrogens with zero attached hydrogens (tertiary/aromatic N) is 2. The molecule has 0 bridgehead atoms. The Morgan fingerprint density at radius 2 is 2.08 bits per heavy atom. The van der Waals surface area contributed by atoms with E-state index < -0.39 is 24.8 Å². The minimum Gasteiger partial charge on any atom is -0.394 e. The summed E-state index contributed by atoms with van der Waals surface area (Å²) in [7, 11) is 0. The molecule has 1 unspecified atom stereocenters. The van der Waals surface area contributed by atoms with Crippen molar-refractivity contribution >= 4 is 17.7 Å². The molecule has 138 valence electrons. The molecule has 26 heavy (non-hydrogen) atoms. The number of benzene rings is 1. The maximum atomic E-state index is 13.4. The Kier molecular flexibility index (Phi) is 4.98. The third kappa shape index (κ3) is 3.43. The van der Waals surface area contributed by atoms with Crippen molar-refractivity contribution in [1.82, 2.24) is 15.3 Å². The number of hydrogen-bond donors (Lipinski definition) is 6. The summed E-state index contributed by atoms with van der Waals surface area (Å²) in [6, 6.07) is 2.96. The second kappa shape index (κ2) is 7.20. The van der Waals surface area contributed by atoms with Gasteiger partial charge in [0.15, 0.2) is 6.29 Å². The lowest BCUT2D eigenvalue weighted by Gasteiger charge is -2.23. The van der Waals surface area contributed by atoms with E-state index in [0.29, 0.717) is 11.1 Å². The minimum atomic E-state index is -1.84. The van der Waals surface area contributed by atoms with E-state index in [1.54, 1.807) is 6.92 Å². The average molecular weight is 363 g/mol. The molecule has 0 fully saturated rings. The number of halogens is 1. The first-order chi connectivity index (χ1) is 12.4. The van der Waals surface area contributed by atoms with Gasteiger partial charge in [0, 0.05) is 5.56 Å². The van der Waals surface area contributed by atoms with E-state index in [2.05, 4.69) is 25.9 Å². The van der Waals surface area contributed by atoms with Crippen LogP contribution in [-0.2, 0) is 0 Å². The molecule has 0 spiro atoms. The number of rotatable bonds is 5. The average Bonchev–Trinajstić information content (AvgIpc) is 2.59. The molecule has 9 nitrogen and oxygen atoms in total. The van der Waals surface area contributed by atoms with Crippen LogP contribution in [0.25, 0.3) is 11.3 Å². The van der Waals surface area contributed by atoms with Crippen LogP contribution in [0.4, 0.5) is 16.2 Å². The van der Waals surface area contributed by atoms with Crippen LogP contribution in [0, 0.1) is 12.7 Å². The number of carbonyl (C=O) groups is 1. The van der Waals surface area contributed by atoms with Gasteiger partial charge in [-0.25, -0.2) is 9.37 Å². The molecule has 0 saturated heterocycles. The monoisotopic (exact) mass is 363 g/mol. The molecule has 3 rings (SSSR count). The number of hydrogen-bond acceptors (Lipinski definition) is 8. The maximum absolute atomic E-state index is 13.4. The van der Waals surface area contributed by atoms with Crippen LogP contribution in [0.1, 0.15) is 15.9 Å². The summed E-state index contributed by atoms with van der Waals surface area (Å²) in [5.41, 5.74) is 1.54. The highest BCUT2D eigenvalue weighted by molar-refractivity contribution is 6.06. The third-order valence-corrected chi connectivity index (χ3v) is 3.96. The van der Waals surface area contributed by atoms with E-state index in [9.17, 15) is 24.5 Å². The molecule has 0 radical (unpaired) electrons. The van der Waals surface area contributed by atoms with Crippen molar-refractivity contribution in [2.24, 2.45) is 0 Å². The van der Waals surface area contributed by atoms with Gasteiger partial charge in [0.05, 0.1) is 19.0 Å². The van der Waals surface area contributed by atoms with Crippen molar-refractivity contribution in [1.29, 1.82) is 0 Å². The van der Waals surface area contributed by atoms with Crippen LogP contribution in [0.3, 0.4) is 0 Å². The zero-order chi connectivity index (χ0) is 18.8. The Balaban J connectivity index is 2.14. The first kappa shape index (κ1) is 18.0. The van der Waals surface area contributed by atoms with Gasteiger partial charge in [0.25, 0.3) is 5.91 Å². The highest BCUT2D eigenvalue weighted by atomic mass is 19.1. The van der Waals surface area contributed by atoms with Crippen molar-refractivity contribution in [2.75, 3.05) is 23.9 Å². The van der Waals surface area contributed by atoms with Gasteiger partial charge in [-0.1, -0.05) is 0 Å². The number of amides is 1. The van der Waals surface area contributed by atoms with Crippen LogP contribution >= 0.6 is 0 Å². The molecular formula is C16H18FN5O4. The fraction of sp³-hybridized carbons (Fsp3) is 0.312. The largest absolute Gasteiger partial charge is 0.394 e. The Morgan fingerprint density at radius 1 is 1.31 bits per heavy atom. The first-order valence-corrected chi connectivity index (χ1v) is 7.85. The molecule has 6 N–H and O–H groups in total. The summed E-state index contributed by atoms with van der Waals surface area (Å²) < 4.78 is 13.4. The number of fused-ring (bicyclic) bond motifs is 1. The molecule has 2 heterocycles. The normalized spacial score (nSPS) is 14.5. The van der Waals surface area contributed by atoms with Crippen molar-refractivity contribution < 1.29 is 24.5 Å². The fourth-order valence-electron chi connectivity index (χ4n) is 2.63. The van der Waals surface area contributed by atoms with Gasteiger partial charge in [-0.05, 0) is 30.7 Å². The maximum Gasteiger partial charge on any atom is 0.258 e. The lowest BCUT2D eigenvalue weighted by molar-refractivity contribution is -0.0628. The van der Waals surface area contributed by atoms with Crippen LogP contribution in [0.2, 0.25) is 0 Å². The van der Waals surface area contributed by atoms with E-state index in [1.807, 2.05) is 0 Å². The number of carbonyl (C=O) groups excluding carboxylic acids is 1. The number of aromatic nitrogens is 2. The molecule has 1 aliphatic rings. The summed E-state index contributed by atoms with van der Waals surface area (Å²) in [4.78, 5) is 20.8. The molecule has 1 aliphatic heterocycles. The zero-order valence-electron chi connectivity index (χ0n) is 13.8. The summed E-state index contributed by atoms with van der Waals surface area (Å²) in [5.74, 6) is -0.574. The molecule has 1 atom stereocenters. The number of nitrogens with one attached hydrogen (secondary N) is 3. The van der Waals surface area contributed by atoms with Gasteiger partial charge in [0.1, 0.15) is 23.2 Å². The number of anilines is 2. The van der Waals surface area contributed by atoms with E-state index in [-0.39, 0.29) is 35.6 Å². The second-order valence-corrected chi connectivity index (χ2v) is 5.79. The van der Waals surface area contributed by atoms with E-state index in [4.69, 9.17) is 0 Å². The van der Waals surface area contributed by atoms with Gasteiger partial charge in [0.2, 0.25) is 5.95 Å². The molecule has 0 aliphatic carbocycles. The topological polar surface area (TPSA) is 140 Å². The lowest BCUT2D eigenvalue weighted by Crippen LogP contribution is -2.39. The number of aliphatic hydroxyl groups is 3. The summed E-state index contributed by atoms with van der Waals surface area (Å²) in [6.07, 6.45) is -1.84. The van der Waals surface area contributed by atoms with Crippen LogP contribution in [-0.4, -0.2) is 56.8 Å². The van der Waals surface area contributed by atoms with Gasteiger partial charge in [-0.15, -0.1) is 0 Å². The fourth-order valence-corrected chi connectivity index (χ4v) is 2.63. The Bertz CT molecular complexity index is 846. The SMILES string of the molecule is Cc1cc(F)ccc1-c1nc(NC(CO)C(O)O)nc2c1C(=O)NCN2. The lowest BCUT2D eigenvalue weighted by atomic mass is 10.0. The predicted molar refractivity (Wildman–Crippen MR) is 90.8 cm³/mol. The quantitative estimate of drug-likeness (QED) is 0.401. The van der Waals surface area contributed by atoms with Gasteiger partial charge >= 0.3 is 0 Å². The highest BCUT2D eigenvalue weighted by Gasteiger charge is 2.27. The van der Waals surface area contributed by atoms with Crippen molar-refractivity contribution in [3.05, 3.63) is 35.1 Å². The van der Waals surface area contributed by atoms with Gasteiger partial charge < -0.3 is 31.3 Å². The molecule has 2 aromatic rings. The number of aryl methyl sites for hydroxylation is 1. The summed E-state index contributed by atoms with van der Waals surface area (Å²) in [5, 5.41) is 35.9. The first-order valence-electron chi connectivity index (χ1n) is 7.85. The minimum absolute atomic E-state index is 0.0168. The molecular weight excluding hydrogens is 345 g/mol. The standard InChI is InChI=1S/C16H18FN5O4/c1-7-4-8(17)2-3-9(7)12-11-13(18-6-19-14(11)24)22-16(21-12)20-10(5-23)15(25)26/h2-4,10,15,23,25-26H,5-6H2,1H3,(H,19,24)(H2,18,20,21,22). The van der Waals surface area contributed by atoms with Crippen molar-refractivity contribution in [3.8, 4) is 11.3 Å².